The quantitative estimate of drug-likeness (QED) is 0.598. The molecule has 0 aliphatic heterocycles. The molecule has 0 bridgehead atoms. The molecule has 2 aromatic carbocycles. The molecule has 0 unspecified atom stereocenters. The monoisotopic (exact) mass is 371 g/mol. The van der Waals surface area contributed by atoms with E-state index in [1.807, 2.05) is 30.3 Å². The number of hydrogen-bond acceptors (Lipinski definition) is 5. The van der Waals surface area contributed by atoms with Gasteiger partial charge in [-0.25, -0.2) is 4.98 Å². The predicted molar refractivity (Wildman–Crippen MR) is 103 cm³/mol. The van der Waals surface area contributed by atoms with Crippen molar-refractivity contribution in [1.29, 1.82) is 0 Å². The number of nitrogens with two attached hydrogens (primary N) is 1. The molecule has 0 atom stereocenters. The zero-order valence-corrected chi connectivity index (χ0v) is 14.8. The van der Waals surface area contributed by atoms with Gasteiger partial charge in [0.15, 0.2) is 11.6 Å². The zero-order chi connectivity index (χ0) is 17.8. The van der Waals surface area contributed by atoms with Crippen molar-refractivity contribution in [3.05, 3.63) is 60.8 Å². The minimum atomic E-state index is -0.436. The Morgan fingerprint density at radius 2 is 1.92 bits per heavy atom. The van der Waals surface area contributed by atoms with Gasteiger partial charge in [0.05, 0.1) is 12.8 Å². The Morgan fingerprint density at radius 1 is 1.19 bits per heavy atom. The van der Waals surface area contributed by atoms with Gasteiger partial charge in [-0.3, -0.25) is 9.89 Å². The number of aromatic nitrogens is 3. The Labute approximate surface area is 156 Å². The first-order valence-electron chi connectivity index (χ1n) is 7.50. The lowest BCUT2D eigenvalue weighted by Crippen LogP contribution is -2.18. The molecule has 3 aromatic rings. The second-order valence-corrected chi connectivity index (χ2v) is 5.30. The van der Waals surface area contributed by atoms with Crippen molar-refractivity contribution in [3.63, 3.8) is 0 Å². The maximum Gasteiger partial charge on any atom is 0.270 e. The first-order valence-corrected chi connectivity index (χ1v) is 7.50. The number of halogens is 1. The first kappa shape index (κ1) is 19.0. The maximum atomic E-state index is 11.6. The molecule has 8 heteroatoms. The number of amides is 1. The molecular formula is C18H18ClN5O2. The van der Waals surface area contributed by atoms with E-state index < -0.39 is 5.91 Å². The number of hydrogen-bond donors (Lipinski definition) is 3. The molecule has 0 aliphatic carbocycles. The lowest BCUT2D eigenvalue weighted by Gasteiger charge is -2.05. The summed E-state index contributed by atoms with van der Waals surface area (Å²) in [6, 6.07) is 14.7. The third-order valence-electron chi connectivity index (χ3n) is 3.52. The number of H-pyrrole nitrogens is 1. The summed E-state index contributed by atoms with van der Waals surface area (Å²) in [5.74, 6) is 1.49. The summed E-state index contributed by atoms with van der Waals surface area (Å²) in [6.45, 7) is 3.41. The average molecular weight is 372 g/mol. The van der Waals surface area contributed by atoms with E-state index in [4.69, 9.17) is 10.5 Å². The van der Waals surface area contributed by atoms with Gasteiger partial charge in [0.2, 0.25) is 0 Å². The van der Waals surface area contributed by atoms with E-state index >= 15 is 0 Å². The Kier molecular flexibility index (Phi) is 5.98. The summed E-state index contributed by atoms with van der Waals surface area (Å²) in [6.07, 6.45) is 0. The van der Waals surface area contributed by atoms with Gasteiger partial charge in [0.25, 0.3) is 5.91 Å². The van der Waals surface area contributed by atoms with Crippen LogP contribution in [-0.4, -0.2) is 28.2 Å². The van der Waals surface area contributed by atoms with Crippen LogP contribution >= 0.6 is 12.4 Å². The molecule has 7 nitrogen and oxygen atoms in total. The Hall–Kier alpha value is -3.32. The van der Waals surface area contributed by atoms with Crippen LogP contribution in [0.15, 0.2) is 60.8 Å². The molecule has 4 N–H and O–H groups in total. The Bertz CT molecular complexity index is 921. The highest BCUT2D eigenvalue weighted by atomic mass is 35.5. The van der Waals surface area contributed by atoms with Gasteiger partial charge in [-0.15, -0.1) is 12.4 Å². The van der Waals surface area contributed by atoms with Crippen LogP contribution < -0.4 is 15.8 Å². The maximum absolute atomic E-state index is 11.6. The van der Waals surface area contributed by atoms with Crippen LogP contribution in [0.5, 0.6) is 5.75 Å². The highest BCUT2D eigenvalue weighted by Gasteiger charge is 2.10. The fourth-order valence-corrected chi connectivity index (χ4v) is 2.22. The van der Waals surface area contributed by atoms with E-state index in [9.17, 15) is 4.79 Å². The van der Waals surface area contributed by atoms with Gasteiger partial charge in [-0.2, -0.15) is 5.10 Å². The number of carbonyl (C=O) groups is 1. The summed E-state index contributed by atoms with van der Waals surface area (Å²) in [7, 11) is 1.62. The smallest absolute Gasteiger partial charge is 0.270 e. The van der Waals surface area contributed by atoms with Crippen molar-refractivity contribution in [2.45, 2.75) is 0 Å². The topological polar surface area (TPSA) is 106 Å². The number of nitrogens with one attached hydrogen (secondary N) is 2. The minimum Gasteiger partial charge on any atom is -0.497 e. The molecule has 0 saturated carbocycles. The third-order valence-corrected chi connectivity index (χ3v) is 3.52. The van der Waals surface area contributed by atoms with Crippen LogP contribution in [0.3, 0.4) is 0 Å². The predicted octanol–water partition coefficient (Wildman–Crippen LogP) is 2.98. The van der Waals surface area contributed by atoms with Crippen LogP contribution in [0.4, 0.5) is 5.69 Å². The molecule has 0 aliphatic rings. The molecule has 1 aromatic heterocycles. The van der Waals surface area contributed by atoms with Gasteiger partial charge in [0, 0.05) is 16.8 Å². The summed E-state index contributed by atoms with van der Waals surface area (Å²) >= 11 is 0. The Balaban J connectivity index is 0.00000243. The number of carbonyl (C=O) groups excluding carboxylic acids is 1. The Morgan fingerprint density at radius 3 is 2.58 bits per heavy atom. The van der Waals surface area contributed by atoms with Crippen molar-refractivity contribution in [3.8, 4) is 28.5 Å². The molecule has 0 saturated heterocycles. The molecule has 0 spiro atoms. The van der Waals surface area contributed by atoms with Gasteiger partial charge in [-0.1, -0.05) is 18.7 Å². The van der Waals surface area contributed by atoms with E-state index in [1.54, 1.807) is 25.3 Å². The van der Waals surface area contributed by atoms with Crippen LogP contribution in [0.25, 0.3) is 22.8 Å². The molecule has 0 fully saturated rings. The third kappa shape index (κ3) is 4.20. The summed E-state index contributed by atoms with van der Waals surface area (Å²) in [5.41, 5.74) is 7.57. The standard InChI is InChI=1S/C18H17N5O2.ClH/c1-11(19)18(24)20-14-5-3-4-13(10-14)17-21-16(22-23-17)12-6-8-15(25-2)9-7-12;/h3-10H,1,19H2,2H3,(H,20,24)(H,21,22,23);1H. The van der Waals surface area contributed by atoms with Crippen molar-refractivity contribution in [2.75, 3.05) is 12.4 Å². The van der Waals surface area contributed by atoms with E-state index in [-0.39, 0.29) is 18.1 Å². The van der Waals surface area contributed by atoms with Crippen LogP contribution in [-0.2, 0) is 4.79 Å². The van der Waals surface area contributed by atoms with E-state index in [1.165, 1.54) is 0 Å². The molecule has 134 valence electrons. The second-order valence-electron chi connectivity index (χ2n) is 5.30. The minimum absolute atomic E-state index is 0. The molecule has 0 radical (unpaired) electrons. The van der Waals surface area contributed by atoms with Crippen LogP contribution in [0, 0.1) is 0 Å². The number of benzene rings is 2. The summed E-state index contributed by atoms with van der Waals surface area (Å²) in [5, 5.41) is 9.81. The van der Waals surface area contributed by atoms with Gasteiger partial charge >= 0.3 is 0 Å². The highest BCUT2D eigenvalue weighted by Crippen LogP contribution is 2.23. The second kappa shape index (κ2) is 8.17. The number of ether oxygens (including phenoxy) is 1. The molecule has 26 heavy (non-hydrogen) atoms. The lowest BCUT2D eigenvalue weighted by atomic mass is 10.2. The fourth-order valence-electron chi connectivity index (χ4n) is 2.22. The number of methoxy groups -OCH3 is 1. The van der Waals surface area contributed by atoms with Crippen molar-refractivity contribution in [1.82, 2.24) is 15.2 Å². The number of aromatic amines is 1. The van der Waals surface area contributed by atoms with Crippen molar-refractivity contribution >= 4 is 24.0 Å². The summed E-state index contributed by atoms with van der Waals surface area (Å²) in [4.78, 5) is 16.1. The largest absolute Gasteiger partial charge is 0.497 e. The molecule has 3 rings (SSSR count). The zero-order valence-electron chi connectivity index (χ0n) is 14.0. The average Bonchev–Trinajstić information content (AvgIpc) is 3.12. The van der Waals surface area contributed by atoms with Gasteiger partial charge < -0.3 is 15.8 Å². The normalized spacial score (nSPS) is 9.88. The SMILES string of the molecule is C=C(N)C(=O)Nc1cccc(-c2nc(-c3ccc(OC)cc3)n[nH]2)c1.Cl. The lowest BCUT2D eigenvalue weighted by molar-refractivity contribution is -0.112. The van der Waals surface area contributed by atoms with Crippen molar-refractivity contribution < 1.29 is 9.53 Å². The summed E-state index contributed by atoms with van der Waals surface area (Å²) < 4.78 is 5.14. The van der Waals surface area contributed by atoms with Crippen LogP contribution in [0.2, 0.25) is 0 Å². The highest BCUT2D eigenvalue weighted by molar-refractivity contribution is 6.02. The van der Waals surface area contributed by atoms with Gasteiger partial charge in [-0.05, 0) is 36.4 Å². The van der Waals surface area contributed by atoms with E-state index in [0.29, 0.717) is 17.3 Å². The number of rotatable bonds is 5. The van der Waals surface area contributed by atoms with Crippen LogP contribution in [0.1, 0.15) is 0 Å². The van der Waals surface area contributed by atoms with E-state index in [0.717, 1.165) is 16.9 Å². The first-order chi connectivity index (χ1) is 12.1. The molecular weight excluding hydrogens is 354 g/mol. The molecule has 1 amide bonds. The van der Waals surface area contributed by atoms with E-state index in [2.05, 4.69) is 27.1 Å². The van der Waals surface area contributed by atoms with Crippen molar-refractivity contribution in [2.24, 2.45) is 5.73 Å². The fraction of sp³-hybridized carbons (Fsp3) is 0.0556. The number of nitrogens with zero attached hydrogens (tertiary/aromatic N) is 2. The van der Waals surface area contributed by atoms with Gasteiger partial charge in [0.1, 0.15) is 5.75 Å². The number of anilines is 1. The molecule has 1 heterocycles.